The molecule has 11 rings (SSSR count). The van der Waals surface area contributed by atoms with Crippen LogP contribution in [-0.2, 0) is 0 Å². The van der Waals surface area contributed by atoms with Crippen LogP contribution in [0.4, 0.5) is 0 Å². The van der Waals surface area contributed by atoms with Gasteiger partial charge in [-0.1, -0.05) is 146 Å². The van der Waals surface area contributed by atoms with Crippen LogP contribution in [0.3, 0.4) is 0 Å². The molecule has 6 nitrogen and oxygen atoms in total. The van der Waals surface area contributed by atoms with Crippen molar-refractivity contribution in [2.45, 2.75) is 0 Å². The Kier molecular flexibility index (Phi) is 7.71. The van der Waals surface area contributed by atoms with E-state index in [-0.39, 0.29) is 0 Å². The predicted octanol–water partition coefficient (Wildman–Crippen LogP) is 12.9. The second-order valence-electron chi connectivity index (χ2n) is 14.1. The lowest BCUT2D eigenvalue weighted by Crippen LogP contribution is -1.96. The maximum Gasteiger partial charge on any atom is 0.229 e. The van der Waals surface area contributed by atoms with Gasteiger partial charge in [-0.05, 0) is 69.1 Å². The van der Waals surface area contributed by atoms with Crippen molar-refractivity contribution in [3.63, 3.8) is 0 Å². The molecule has 0 N–H and O–H groups in total. The van der Waals surface area contributed by atoms with Crippen LogP contribution in [0, 0.1) is 0 Å². The van der Waals surface area contributed by atoms with Crippen molar-refractivity contribution >= 4 is 43.7 Å². The predicted molar refractivity (Wildman–Crippen MR) is 230 cm³/mol. The molecule has 57 heavy (non-hydrogen) atoms. The van der Waals surface area contributed by atoms with Crippen molar-refractivity contribution in [2.75, 3.05) is 0 Å². The van der Waals surface area contributed by atoms with Gasteiger partial charge in [-0.15, -0.1) is 0 Å². The molecule has 0 amide bonds. The monoisotopic (exact) mass is 729 g/mol. The van der Waals surface area contributed by atoms with Gasteiger partial charge in [0.15, 0.2) is 17.2 Å². The molecule has 0 atom stereocenters. The summed E-state index contributed by atoms with van der Waals surface area (Å²) in [7, 11) is 0. The van der Waals surface area contributed by atoms with Crippen molar-refractivity contribution in [2.24, 2.45) is 0 Å². The third kappa shape index (κ3) is 5.97. The topological polar surface area (TPSA) is 77.6 Å². The molecule has 0 unspecified atom stereocenters. The van der Waals surface area contributed by atoms with E-state index in [0.717, 1.165) is 72.1 Å². The lowest BCUT2D eigenvalue weighted by atomic mass is 10.00. The summed E-state index contributed by atoms with van der Waals surface area (Å²) in [6, 6.07) is 62.7. The molecule has 0 radical (unpaired) electrons. The van der Waals surface area contributed by atoms with Gasteiger partial charge in [-0.25, -0.2) is 24.9 Å². The zero-order chi connectivity index (χ0) is 37.7. The minimum Gasteiger partial charge on any atom is -0.434 e. The summed E-state index contributed by atoms with van der Waals surface area (Å²) in [5, 5.41) is 5.54. The van der Waals surface area contributed by atoms with Crippen LogP contribution in [0.2, 0.25) is 0 Å². The number of pyridine rings is 1. The van der Waals surface area contributed by atoms with Gasteiger partial charge < -0.3 is 4.42 Å². The third-order valence-corrected chi connectivity index (χ3v) is 10.6. The molecule has 11 aromatic rings. The summed E-state index contributed by atoms with van der Waals surface area (Å²) in [4.78, 5) is 24.9. The largest absolute Gasteiger partial charge is 0.434 e. The minimum atomic E-state index is 0.533. The quantitative estimate of drug-likeness (QED) is 0.159. The Morgan fingerprint density at radius 1 is 0.351 bits per heavy atom. The molecule has 0 saturated heterocycles. The zero-order valence-corrected chi connectivity index (χ0v) is 30.5. The van der Waals surface area contributed by atoms with E-state index in [1.807, 2.05) is 48.5 Å². The lowest BCUT2D eigenvalue weighted by Gasteiger charge is -2.11. The van der Waals surface area contributed by atoms with Gasteiger partial charge in [0.25, 0.3) is 0 Å². The van der Waals surface area contributed by atoms with Crippen LogP contribution < -0.4 is 0 Å². The first-order chi connectivity index (χ1) is 28.2. The fourth-order valence-electron chi connectivity index (χ4n) is 7.60. The lowest BCUT2D eigenvalue weighted by molar-refractivity contribution is 0.652. The van der Waals surface area contributed by atoms with E-state index in [9.17, 15) is 0 Å². The van der Waals surface area contributed by atoms with Gasteiger partial charge in [0.05, 0.1) is 16.8 Å². The second-order valence-corrected chi connectivity index (χ2v) is 14.1. The van der Waals surface area contributed by atoms with Gasteiger partial charge in [0, 0.05) is 34.0 Å². The van der Waals surface area contributed by atoms with E-state index >= 15 is 0 Å². The molecule has 0 saturated carbocycles. The number of nitrogens with zero attached hydrogens (tertiary/aromatic N) is 5. The molecule has 4 heterocycles. The van der Waals surface area contributed by atoms with Gasteiger partial charge in [0.2, 0.25) is 5.71 Å². The Hall–Kier alpha value is -7.83. The standard InChI is InChI=1S/C51H31N5O/c1-3-10-32(11-4-1)33-17-19-34(20-18-33)44-31-45(54-49(53-44)36-12-5-2-6-13-36)35-21-23-37(24-22-35)50-55-46(48-47(56-50)43-16-9-27-52-51(43)57-48)41-26-25-40-28-38-14-7-8-15-39(38)29-42(40)30-41/h1-31H. The van der Waals surface area contributed by atoms with E-state index in [2.05, 4.69) is 138 Å². The van der Waals surface area contributed by atoms with E-state index < -0.39 is 0 Å². The number of benzene rings is 7. The first-order valence-electron chi connectivity index (χ1n) is 18.9. The minimum absolute atomic E-state index is 0.533. The Morgan fingerprint density at radius 2 is 0.877 bits per heavy atom. The molecule has 4 aromatic heterocycles. The van der Waals surface area contributed by atoms with E-state index in [4.69, 9.17) is 24.4 Å². The van der Waals surface area contributed by atoms with Crippen LogP contribution in [0.1, 0.15) is 0 Å². The van der Waals surface area contributed by atoms with E-state index in [0.29, 0.717) is 22.9 Å². The van der Waals surface area contributed by atoms with Gasteiger partial charge >= 0.3 is 0 Å². The van der Waals surface area contributed by atoms with E-state index in [1.54, 1.807) is 6.20 Å². The SMILES string of the molecule is c1ccc(-c2ccc(-c3cc(-c4ccc(-c5nc(-c6ccc7cc8ccccc8cc7c6)c6oc7ncccc7c6n5)cc4)nc(-c4ccccc4)n3)cc2)cc1. The normalized spacial score (nSPS) is 11.5. The fourth-order valence-corrected chi connectivity index (χ4v) is 7.60. The molecule has 0 aliphatic rings. The highest BCUT2D eigenvalue weighted by atomic mass is 16.3. The first-order valence-corrected chi connectivity index (χ1v) is 18.9. The van der Waals surface area contributed by atoms with Crippen LogP contribution in [0.25, 0.3) is 111 Å². The van der Waals surface area contributed by atoms with Gasteiger partial charge in [-0.3, -0.25) is 0 Å². The average molecular weight is 730 g/mol. The molecule has 0 aliphatic heterocycles. The highest BCUT2D eigenvalue weighted by Crippen LogP contribution is 2.37. The number of aromatic nitrogens is 5. The molecule has 266 valence electrons. The summed E-state index contributed by atoms with van der Waals surface area (Å²) < 4.78 is 6.36. The van der Waals surface area contributed by atoms with Crippen molar-refractivity contribution in [1.29, 1.82) is 0 Å². The number of hydrogen-bond donors (Lipinski definition) is 0. The molecule has 0 spiro atoms. The summed E-state index contributed by atoms with van der Waals surface area (Å²) >= 11 is 0. The second kappa shape index (κ2) is 13.5. The van der Waals surface area contributed by atoms with Crippen molar-refractivity contribution in [3.8, 4) is 67.7 Å². The summed E-state index contributed by atoms with van der Waals surface area (Å²) in [5.41, 5.74) is 11.4. The van der Waals surface area contributed by atoms with Crippen LogP contribution in [0.15, 0.2) is 193 Å². The molecule has 0 bridgehead atoms. The number of fused-ring (bicyclic) bond motifs is 5. The maximum absolute atomic E-state index is 6.36. The highest BCUT2D eigenvalue weighted by molar-refractivity contribution is 6.07. The van der Waals surface area contributed by atoms with Crippen molar-refractivity contribution < 1.29 is 4.42 Å². The molecule has 7 aromatic carbocycles. The van der Waals surface area contributed by atoms with Crippen molar-refractivity contribution in [3.05, 3.63) is 188 Å². The summed E-state index contributed by atoms with van der Waals surface area (Å²) in [5.74, 6) is 1.27. The number of hydrogen-bond acceptors (Lipinski definition) is 6. The number of rotatable bonds is 6. The molecule has 0 aliphatic carbocycles. The fraction of sp³-hybridized carbons (Fsp3) is 0. The van der Waals surface area contributed by atoms with Gasteiger partial charge in [0.1, 0.15) is 11.2 Å². The smallest absolute Gasteiger partial charge is 0.229 e. The van der Waals surface area contributed by atoms with Crippen LogP contribution >= 0.6 is 0 Å². The Morgan fingerprint density at radius 3 is 1.58 bits per heavy atom. The Labute approximate surface area is 327 Å². The van der Waals surface area contributed by atoms with Crippen LogP contribution in [-0.4, -0.2) is 24.9 Å². The third-order valence-electron chi connectivity index (χ3n) is 10.6. The Balaban J connectivity index is 1.01. The molecule has 0 fully saturated rings. The molecular formula is C51H31N5O. The summed E-state index contributed by atoms with van der Waals surface area (Å²) in [6.07, 6.45) is 1.74. The molecular weight excluding hydrogens is 699 g/mol. The number of furan rings is 1. The highest BCUT2D eigenvalue weighted by Gasteiger charge is 2.20. The first kappa shape index (κ1) is 32.6. The average Bonchev–Trinajstić information content (AvgIpc) is 3.67. The van der Waals surface area contributed by atoms with Crippen molar-refractivity contribution in [1.82, 2.24) is 24.9 Å². The maximum atomic E-state index is 6.36. The van der Waals surface area contributed by atoms with Gasteiger partial charge in [-0.2, -0.15) is 0 Å². The van der Waals surface area contributed by atoms with Crippen LogP contribution in [0.5, 0.6) is 0 Å². The summed E-state index contributed by atoms with van der Waals surface area (Å²) in [6.45, 7) is 0. The van der Waals surface area contributed by atoms with E-state index in [1.165, 1.54) is 16.3 Å². The zero-order valence-electron chi connectivity index (χ0n) is 30.5. The Bertz CT molecular complexity index is 3270. The molecule has 6 heteroatoms.